The Morgan fingerprint density at radius 3 is 2.73 bits per heavy atom. The first-order valence-electron chi connectivity index (χ1n) is 4.02. The van der Waals surface area contributed by atoms with Crippen LogP contribution in [-0.4, -0.2) is 24.8 Å². The highest BCUT2D eigenvalue weighted by molar-refractivity contribution is 5.75. The van der Waals surface area contributed by atoms with Crippen LogP contribution < -0.4 is 0 Å². The second-order valence-electron chi connectivity index (χ2n) is 3.37. The van der Waals surface area contributed by atoms with E-state index in [2.05, 4.69) is 0 Å². The van der Waals surface area contributed by atoms with Crippen LogP contribution in [0, 0.1) is 11.8 Å². The minimum atomic E-state index is -0.0770. The fraction of sp³-hybridized carbons (Fsp3) is 0.875. The average Bonchev–Trinajstić information content (AvgIpc) is 2.41. The number of esters is 1. The molecule has 0 aliphatic carbocycles. The molecule has 0 spiro atoms. The Bertz CT molecular complexity index is 190. The number of hydrogen-bond acceptors (Lipinski definition) is 3. The number of carbonyl (C=O) groups excluding carboxylic acids is 1. The Morgan fingerprint density at radius 1 is 1.36 bits per heavy atom. The van der Waals surface area contributed by atoms with Gasteiger partial charge in [0.1, 0.15) is 0 Å². The van der Waals surface area contributed by atoms with Crippen LogP contribution in [0.3, 0.4) is 0 Å². The molecule has 3 nitrogen and oxygen atoms in total. The van der Waals surface area contributed by atoms with Gasteiger partial charge in [0.25, 0.3) is 0 Å². The molecule has 2 fully saturated rings. The minimum Gasteiger partial charge on any atom is -0.465 e. The summed E-state index contributed by atoms with van der Waals surface area (Å²) in [6.45, 7) is 4.49. The lowest BCUT2D eigenvalue weighted by Crippen LogP contribution is -2.20. The van der Waals surface area contributed by atoms with Crippen LogP contribution in [0.4, 0.5) is 0 Å². The zero-order valence-corrected chi connectivity index (χ0v) is 6.74. The minimum absolute atomic E-state index is 0.00463. The topological polar surface area (TPSA) is 35.5 Å². The van der Waals surface area contributed by atoms with Crippen molar-refractivity contribution in [3.63, 3.8) is 0 Å². The molecule has 0 amide bonds. The van der Waals surface area contributed by atoms with Crippen molar-refractivity contribution in [1.29, 1.82) is 0 Å². The van der Waals surface area contributed by atoms with Gasteiger partial charge in [0.05, 0.1) is 24.7 Å². The van der Waals surface area contributed by atoms with Crippen LogP contribution >= 0.6 is 0 Å². The van der Waals surface area contributed by atoms with Gasteiger partial charge in [0.15, 0.2) is 0 Å². The summed E-state index contributed by atoms with van der Waals surface area (Å²) in [6, 6.07) is 0. The number of fused-ring (bicyclic) bond motifs is 1. The third-order valence-electron chi connectivity index (χ3n) is 2.69. The molecular formula is C8H12O3. The van der Waals surface area contributed by atoms with Crippen LogP contribution in [-0.2, 0) is 14.3 Å². The molecule has 0 saturated carbocycles. The number of cyclic esters (lactones) is 1. The number of ether oxygens (including phenoxy) is 2. The molecule has 62 valence electrons. The van der Waals surface area contributed by atoms with E-state index in [4.69, 9.17) is 9.47 Å². The van der Waals surface area contributed by atoms with Gasteiger partial charge in [-0.3, -0.25) is 4.79 Å². The van der Waals surface area contributed by atoms with Gasteiger partial charge in [0.2, 0.25) is 0 Å². The SMILES string of the molecule is CC1OC(C)C2C(=O)OCC12. The largest absolute Gasteiger partial charge is 0.465 e. The van der Waals surface area contributed by atoms with E-state index in [1.807, 2.05) is 13.8 Å². The Kier molecular flexibility index (Phi) is 1.42. The summed E-state index contributed by atoms with van der Waals surface area (Å²) in [6.07, 6.45) is 0.228. The van der Waals surface area contributed by atoms with Gasteiger partial charge < -0.3 is 9.47 Å². The number of carbonyl (C=O) groups is 1. The first-order chi connectivity index (χ1) is 5.20. The van der Waals surface area contributed by atoms with Gasteiger partial charge in [-0.25, -0.2) is 0 Å². The van der Waals surface area contributed by atoms with Gasteiger partial charge in [-0.15, -0.1) is 0 Å². The molecule has 0 aromatic carbocycles. The van der Waals surface area contributed by atoms with Crippen molar-refractivity contribution in [2.24, 2.45) is 11.8 Å². The molecule has 2 saturated heterocycles. The lowest BCUT2D eigenvalue weighted by molar-refractivity contribution is -0.144. The molecule has 2 aliphatic rings. The monoisotopic (exact) mass is 156 g/mol. The van der Waals surface area contributed by atoms with Crippen LogP contribution in [0.1, 0.15) is 13.8 Å². The fourth-order valence-corrected chi connectivity index (χ4v) is 2.04. The molecule has 0 radical (unpaired) electrons. The molecule has 2 heterocycles. The molecular weight excluding hydrogens is 144 g/mol. The quantitative estimate of drug-likeness (QED) is 0.481. The molecule has 4 unspecified atom stereocenters. The summed E-state index contributed by atoms with van der Waals surface area (Å²) < 4.78 is 10.4. The summed E-state index contributed by atoms with van der Waals surface area (Å²) in [5.74, 6) is 0.231. The van der Waals surface area contributed by atoms with E-state index >= 15 is 0 Å². The molecule has 0 aromatic heterocycles. The van der Waals surface area contributed by atoms with E-state index in [0.717, 1.165) is 0 Å². The molecule has 0 N–H and O–H groups in total. The van der Waals surface area contributed by atoms with E-state index in [1.165, 1.54) is 0 Å². The molecule has 2 rings (SSSR count). The lowest BCUT2D eigenvalue weighted by atomic mass is 9.91. The molecule has 0 aromatic rings. The molecule has 0 bridgehead atoms. The molecule has 11 heavy (non-hydrogen) atoms. The van der Waals surface area contributed by atoms with Crippen LogP contribution in [0.5, 0.6) is 0 Å². The van der Waals surface area contributed by atoms with Gasteiger partial charge >= 0.3 is 5.97 Å². The van der Waals surface area contributed by atoms with Crippen molar-refractivity contribution in [2.75, 3.05) is 6.61 Å². The first-order valence-corrected chi connectivity index (χ1v) is 4.02. The average molecular weight is 156 g/mol. The number of hydrogen-bond donors (Lipinski definition) is 0. The molecule has 4 atom stereocenters. The Hall–Kier alpha value is -0.570. The lowest BCUT2D eigenvalue weighted by Gasteiger charge is -2.08. The van der Waals surface area contributed by atoms with Crippen LogP contribution in [0.25, 0.3) is 0 Å². The van der Waals surface area contributed by atoms with Crippen molar-refractivity contribution >= 4 is 5.97 Å². The second kappa shape index (κ2) is 2.21. The van der Waals surface area contributed by atoms with Crippen molar-refractivity contribution in [2.45, 2.75) is 26.1 Å². The van der Waals surface area contributed by atoms with Crippen LogP contribution in [0.2, 0.25) is 0 Å². The summed E-state index contributed by atoms with van der Waals surface area (Å²) in [5, 5.41) is 0. The summed E-state index contributed by atoms with van der Waals surface area (Å²) >= 11 is 0. The van der Waals surface area contributed by atoms with Crippen LogP contribution in [0.15, 0.2) is 0 Å². The van der Waals surface area contributed by atoms with Gasteiger partial charge in [-0.1, -0.05) is 0 Å². The van der Waals surface area contributed by atoms with Crippen molar-refractivity contribution < 1.29 is 14.3 Å². The molecule has 3 heteroatoms. The van der Waals surface area contributed by atoms with Gasteiger partial charge in [0, 0.05) is 5.92 Å². The van der Waals surface area contributed by atoms with Gasteiger partial charge in [-0.2, -0.15) is 0 Å². The maximum absolute atomic E-state index is 11.1. The third-order valence-corrected chi connectivity index (χ3v) is 2.69. The molecule has 2 aliphatic heterocycles. The Labute approximate surface area is 65.7 Å². The highest BCUT2D eigenvalue weighted by Gasteiger charge is 2.49. The fourth-order valence-electron chi connectivity index (χ4n) is 2.04. The Balaban J connectivity index is 2.21. The van der Waals surface area contributed by atoms with Crippen molar-refractivity contribution in [3.05, 3.63) is 0 Å². The standard InChI is InChI=1S/C8H12O3/c1-4-6-3-10-8(9)7(6)5(2)11-4/h4-7H,3H2,1-2H3. The maximum Gasteiger partial charge on any atom is 0.312 e. The maximum atomic E-state index is 11.1. The van der Waals surface area contributed by atoms with E-state index in [9.17, 15) is 4.79 Å². The predicted molar refractivity (Wildman–Crippen MR) is 37.9 cm³/mol. The third kappa shape index (κ3) is 0.872. The normalized spacial score (nSPS) is 49.1. The zero-order chi connectivity index (χ0) is 8.01. The van der Waals surface area contributed by atoms with E-state index < -0.39 is 0 Å². The van der Waals surface area contributed by atoms with Crippen molar-refractivity contribution in [1.82, 2.24) is 0 Å². The summed E-state index contributed by atoms with van der Waals surface area (Å²) in [5.41, 5.74) is 0. The van der Waals surface area contributed by atoms with Crippen molar-refractivity contribution in [3.8, 4) is 0 Å². The second-order valence-corrected chi connectivity index (χ2v) is 3.37. The first kappa shape index (κ1) is 7.10. The highest BCUT2D eigenvalue weighted by atomic mass is 16.6. The Morgan fingerprint density at radius 2 is 2.09 bits per heavy atom. The number of rotatable bonds is 0. The highest BCUT2D eigenvalue weighted by Crippen LogP contribution is 2.37. The van der Waals surface area contributed by atoms with E-state index in [0.29, 0.717) is 12.5 Å². The van der Waals surface area contributed by atoms with E-state index in [-0.39, 0.29) is 24.1 Å². The smallest absolute Gasteiger partial charge is 0.312 e. The predicted octanol–water partition coefficient (Wildman–Crippen LogP) is 0.583. The zero-order valence-electron chi connectivity index (χ0n) is 6.74. The summed E-state index contributed by atoms with van der Waals surface area (Å²) in [7, 11) is 0. The van der Waals surface area contributed by atoms with Gasteiger partial charge in [-0.05, 0) is 13.8 Å². The van der Waals surface area contributed by atoms with E-state index in [1.54, 1.807) is 0 Å². The summed E-state index contributed by atoms with van der Waals surface area (Å²) in [4.78, 5) is 11.1.